The molecule has 3 atom stereocenters. The van der Waals surface area contributed by atoms with Crippen LogP contribution in [0.15, 0.2) is 18.2 Å². The van der Waals surface area contributed by atoms with Crippen LogP contribution in [0.4, 0.5) is 4.39 Å². The van der Waals surface area contributed by atoms with Crippen LogP contribution in [0.25, 0.3) is 0 Å². The van der Waals surface area contributed by atoms with Crippen LogP contribution in [0.1, 0.15) is 32.4 Å². The van der Waals surface area contributed by atoms with E-state index in [2.05, 4.69) is 31.0 Å². The van der Waals surface area contributed by atoms with Crippen molar-refractivity contribution in [1.29, 1.82) is 0 Å². The van der Waals surface area contributed by atoms with Gasteiger partial charge in [0, 0.05) is 29.7 Å². The average Bonchev–Trinajstić information content (AvgIpc) is 2.91. The summed E-state index contributed by atoms with van der Waals surface area (Å²) in [7, 11) is 0. The van der Waals surface area contributed by atoms with Crippen molar-refractivity contribution in [3.63, 3.8) is 0 Å². The van der Waals surface area contributed by atoms with Crippen molar-refractivity contribution < 1.29 is 4.39 Å². The fourth-order valence-electron chi connectivity index (χ4n) is 4.12. The minimum absolute atomic E-state index is 0.144. The second-order valence-electron chi connectivity index (χ2n) is 6.67. The third-order valence-electron chi connectivity index (χ3n) is 5.30. The summed E-state index contributed by atoms with van der Waals surface area (Å²) in [6.45, 7) is 10.1. The van der Waals surface area contributed by atoms with Crippen LogP contribution >= 0.6 is 11.6 Å². The second-order valence-corrected chi connectivity index (χ2v) is 7.08. The standard InChI is InChI=1S/C16H22ClFN2/c1-10(13-5-4-12(18)6-15(13)17)20-9-11-7-19-8-14(11)16(20,2)3/h4-6,10-11,14,19H,7-9H2,1-3H3. The lowest BCUT2D eigenvalue weighted by Crippen LogP contribution is -2.45. The Morgan fingerprint density at radius 1 is 1.40 bits per heavy atom. The summed E-state index contributed by atoms with van der Waals surface area (Å²) in [6.07, 6.45) is 0. The third kappa shape index (κ3) is 2.16. The van der Waals surface area contributed by atoms with E-state index in [1.165, 1.54) is 12.1 Å². The van der Waals surface area contributed by atoms with E-state index in [-0.39, 0.29) is 17.4 Å². The fraction of sp³-hybridized carbons (Fsp3) is 0.625. The van der Waals surface area contributed by atoms with Gasteiger partial charge in [0.2, 0.25) is 0 Å². The number of likely N-dealkylation sites (tertiary alicyclic amines) is 1. The molecule has 3 rings (SSSR count). The minimum atomic E-state index is -0.271. The van der Waals surface area contributed by atoms with Crippen LogP contribution in [0.3, 0.4) is 0 Å². The Balaban J connectivity index is 1.89. The van der Waals surface area contributed by atoms with Gasteiger partial charge < -0.3 is 5.32 Å². The molecule has 0 amide bonds. The molecular weight excluding hydrogens is 275 g/mol. The maximum atomic E-state index is 13.2. The Kier molecular flexibility index (Phi) is 3.56. The van der Waals surface area contributed by atoms with Crippen LogP contribution in [-0.2, 0) is 0 Å². The predicted molar refractivity (Wildman–Crippen MR) is 80.5 cm³/mol. The molecule has 0 spiro atoms. The van der Waals surface area contributed by atoms with Crippen LogP contribution in [0, 0.1) is 17.7 Å². The zero-order chi connectivity index (χ0) is 14.5. The summed E-state index contributed by atoms with van der Waals surface area (Å²) >= 11 is 6.24. The van der Waals surface area contributed by atoms with Crippen molar-refractivity contribution in [1.82, 2.24) is 10.2 Å². The Morgan fingerprint density at radius 2 is 2.15 bits per heavy atom. The number of nitrogens with one attached hydrogen (secondary N) is 1. The second kappa shape index (κ2) is 4.97. The lowest BCUT2D eigenvalue weighted by molar-refractivity contribution is 0.0971. The molecule has 4 heteroatoms. The Hall–Kier alpha value is -0.640. The van der Waals surface area contributed by atoms with Crippen molar-refractivity contribution >= 4 is 11.6 Å². The summed E-state index contributed by atoms with van der Waals surface area (Å²) < 4.78 is 13.2. The lowest BCUT2D eigenvalue weighted by atomic mass is 9.84. The molecular formula is C16H22ClFN2. The molecule has 0 saturated carbocycles. The number of hydrogen-bond acceptors (Lipinski definition) is 2. The quantitative estimate of drug-likeness (QED) is 0.899. The highest BCUT2D eigenvalue weighted by Gasteiger charge is 2.51. The maximum Gasteiger partial charge on any atom is 0.124 e. The Bertz CT molecular complexity index is 517. The molecule has 1 aromatic rings. The van der Waals surface area contributed by atoms with Gasteiger partial charge in [0.15, 0.2) is 0 Å². The molecule has 2 aliphatic heterocycles. The molecule has 0 radical (unpaired) electrons. The van der Waals surface area contributed by atoms with E-state index in [0.29, 0.717) is 16.9 Å². The largest absolute Gasteiger partial charge is 0.316 e. The smallest absolute Gasteiger partial charge is 0.124 e. The topological polar surface area (TPSA) is 15.3 Å². The van der Waals surface area contributed by atoms with Gasteiger partial charge >= 0.3 is 0 Å². The third-order valence-corrected chi connectivity index (χ3v) is 5.63. The highest BCUT2D eigenvalue weighted by molar-refractivity contribution is 6.31. The van der Waals surface area contributed by atoms with Crippen molar-refractivity contribution in [3.8, 4) is 0 Å². The zero-order valence-corrected chi connectivity index (χ0v) is 13.0. The number of benzene rings is 1. The van der Waals surface area contributed by atoms with E-state index in [9.17, 15) is 4.39 Å². The first-order valence-corrected chi connectivity index (χ1v) is 7.71. The molecule has 0 aliphatic carbocycles. The summed E-state index contributed by atoms with van der Waals surface area (Å²) in [6, 6.07) is 4.95. The number of rotatable bonds is 2. The van der Waals surface area contributed by atoms with Gasteiger partial charge in [-0.25, -0.2) is 4.39 Å². The van der Waals surface area contributed by atoms with E-state index in [4.69, 9.17) is 11.6 Å². The molecule has 0 bridgehead atoms. The Labute approximate surface area is 125 Å². The van der Waals surface area contributed by atoms with Crippen LogP contribution < -0.4 is 5.32 Å². The van der Waals surface area contributed by atoms with E-state index in [0.717, 1.165) is 25.2 Å². The first kappa shape index (κ1) is 14.3. The Morgan fingerprint density at radius 3 is 2.80 bits per heavy atom. The summed E-state index contributed by atoms with van der Waals surface area (Å²) in [5, 5.41) is 4.03. The van der Waals surface area contributed by atoms with Crippen LogP contribution in [0.2, 0.25) is 5.02 Å². The molecule has 0 aromatic heterocycles. The van der Waals surface area contributed by atoms with Gasteiger partial charge in [-0.15, -0.1) is 0 Å². The number of fused-ring (bicyclic) bond motifs is 1. The fourth-order valence-corrected chi connectivity index (χ4v) is 4.44. The first-order valence-electron chi connectivity index (χ1n) is 7.33. The van der Waals surface area contributed by atoms with Crippen molar-refractivity contribution in [2.75, 3.05) is 19.6 Å². The van der Waals surface area contributed by atoms with Gasteiger partial charge in [0.1, 0.15) is 5.82 Å². The normalized spacial score (nSPS) is 30.4. The van der Waals surface area contributed by atoms with Gasteiger partial charge in [-0.05, 0) is 56.8 Å². The van der Waals surface area contributed by atoms with Crippen LogP contribution in [0.5, 0.6) is 0 Å². The molecule has 110 valence electrons. The minimum Gasteiger partial charge on any atom is -0.316 e. The maximum absolute atomic E-state index is 13.2. The van der Waals surface area contributed by atoms with Crippen molar-refractivity contribution in [2.45, 2.75) is 32.4 Å². The van der Waals surface area contributed by atoms with Gasteiger partial charge in [0.05, 0.1) is 0 Å². The van der Waals surface area contributed by atoms with Crippen molar-refractivity contribution in [2.24, 2.45) is 11.8 Å². The van der Waals surface area contributed by atoms with E-state index in [1.54, 1.807) is 0 Å². The van der Waals surface area contributed by atoms with Gasteiger partial charge in [-0.1, -0.05) is 17.7 Å². The molecule has 1 N–H and O–H groups in total. The van der Waals surface area contributed by atoms with Crippen LogP contribution in [-0.4, -0.2) is 30.1 Å². The van der Waals surface area contributed by atoms with E-state index >= 15 is 0 Å². The highest BCUT2D eigenvalue weighted by atomic mass is 35.5. The summed E-state index contributed by atoms with van der Waals surface area (Å²) in [5.74, 6) is 1.13. The zero-order valence-electron chi connectivity index (χ0n) is 12.3. The van der Waals surface area contributed by atoms with E-state index in [1.807, 2.05) is 6.07 Å². The molecule has 2 fully saturated rings. The van der Waals surface area contributed by atoms with Crippen molar-refractivity contribution in [3.05, 3.63) is 34.6 Å². The van der Waals surface area contributed by atoms with E-state index < -0.39 is 0 Å². The first-order chi connectivity index (χ1) is 9.41. The predicted octanol–water partition coefficient (Wildman–Crippen LogP) is 3.47. The van der Waals surface area contributed by atoms with Gasteiger partial charge in [-0.3, -0.25) is 4.90 Å². The number of nitrogens with zero attached hydrogens (tertiary/aromatic N) is 1. The molecule has 1 aromatic carbocycles. The highest BCUT2D eigenvalue weighted by Crippen LogP contribution is 2.45. The summed E-state index contributed by atoms with van der Waals surface area (Å²) in [4.78, 5) is 2.53. The lowest BCUT2D eigenvalue weighted by Gasteiger charge is -2.40. The number of hydrogen-bond donors (Lipinski definition) is 1. The summed E-state index contributed by atoms with van der Waals surface area (Å²) in [5.41, 5.74) is 1.17. The number of halogens is 2. The molecule has 20 heavy (non-hydrogen) atoms. The monoisotopic (exact) mass is 296 g/mol. The molecule has 2 heterocycles. The molecule has 2 aliphatic rings. The average molecular weight is 297 g/mol. The SMILES string of the molecule is CC(c1ccc(F)cc1Cl)N1CC2CNCC2C1(C)C. The van der Waals surface area contributed by atoms with Gasteiger partial charge in [-0.2, -0.15) is 0 Å². The molecule has 3 unspecified atom stereocenters. The van der Waals surface area contributed by atoms with Gasteiger partial charge in [0.25, 0.3) is 0 Å². The molecule has 2 saturated heterocycles. The molecule has 2 nitrogen and oxygen atoms in total.